The van der Waals surface area contributed by atoms with Crippen molar-refractivity contribution in [2.75, 3.05) is 6.54 Å². The maximum absolute atomic E-state index is 12.5. The summed E-state index contributed by atoms with van der Waals surface area (Å²) in [6, 6.07) is 0. The first-order valence-corrected chi connectivity index (χ1v) is 6.72. The van der Waals surface area contributed by atoms with Crippen LogP contribution >= 0.6 is 0 Å². The first kappa shape index (κ1) is 11.8. The summed E-state index contributed by atoms with van der Waals surface area (Å²) in [6.07, 6.45) is 12.5. The summed E-state index contributed by atoms with van der Waals surface area (Å²) in [5.74, 6) is 0.378. The lowest BCUT2D eigenvalue weighted by Crippen LogP contribution is -2.45. The van der Waals surface area contributed by atoms with Crippen molar-refractivity contribution in [3.05, 3.63) is 11.6 Å². The molecule has 0 radical (unpaired) electrons. The summed E-state index contributed by atoms with van der Waals surface area (Å²) < 4.78 is 0. The Morgan fingerprint density at radius 2 is 1.94 bits per heavy atom. The Morgan fingerprint density at radius 3 is 2.56 bits per heavy atom. The molecule has 1 fully saturated rings. The van der Waals surface area contributed by atoms with E-state index in [1.54, 1.807) is 0 Å². The molecule has 0 bridgehead atoms. The molecule has 0 unspecified atom stereocenters. The van der Waals surface area contributed by atoms with Crippen LogP contribution in [0.3, 0.4) is 0 Å². The van der Waals surface area contributed by atoms with Gasteiger partial charge in [0.15, 0.2) is 5.78 Å². The minimum Gasteiger partial charge on any atom is -0.329 e. The highest BCUT2D eigenvalue weighted by molar-refractivity contribution is 6.00. The average molecular weight is 221 g/mol. The molecule has 2 N–H and O–H groups in total. The number of carbonyl (C=O) groups is 1. The van der Waals surface area contributed by atoms with Crippen molar-refractivity contribution in [3.8, 4) is 0 Å². The van der Waals surface area contributed by atoms with Gasteiger partial charge in [-0.25, -0.2) is 0 Å². The van der Waals surface area contributed by atoms with Gasteiger partial charge in [0, 0.05) is 12.0 Å². The van der Waals surface area contributed by atoms with Gasteiger partial charge >= 0.3 is 0 Å². The van der Waals surface area contributed by atoms with Crippen molar-refractivity contribution in [3.63, 3.8) is 0 Å². The first-order valence-electron chi connectivity index (χ1n) is 6.72. The van der Waals surface area contributed by atoms with Gasteiger partial charge < -0.3 is 5.73 Å². The monoisotopic (exact) mass is 221 g/mol. The van der Waals surface area contributed by atoms with E-state index in [0.29, 0.717) is 12.3 Å². The lowest BCUT2D eigenvalue weighted by Gasteiger charge is -2.40. The van der Waals surface area contributed by atoms with Gasteiger partial charge in [0.25, 0.3) is 0 Å². The SMILES string of the molecule is NCC1(C(=O)C2=CCCCCCC2)CCC1. The molecule has 2 heteroatoms. The number of carbonyl (C=O) groups excluding carboxylic acids is 1. The lowest BCUT2D eigenvalue weighted by molar-refractivity contribution is -0.129. The predicted octanol–water partition coefficient (Wildman–Crippen LogP) is 2.97. The number of hydrogen-bond acceptors (Lipinski definition) is 2. The Hall–Kier alpha value is -0.630. The Bertz CT molecular complexity index is 284. The third-order valence-electron chi connectivity index (χ3n) is 4.27. The van der Waals surface area contributed by atoms with E-state index < -0.39 is 0 Å². The molecule has 2 rings (SSSR count). The molecule has 0 aliphatic heterocycles. The first-order chi connectivity index (χ1) is 7.78. The molecule has 0 heterocycles. The van der Waals surface area contributed by atoms with Gasteiger partial charge in [-0.1, -0.05) is 25.3 Å². The molecule has 0 aromatic heterocycles. The second kappa shape index (κ2) is 5.13. The van der Waals surface area contributed by atoms with Crippen molar-refractivity contribution < 1.29 is 4.79 Å². The summed E-state index contributed by atoms with van der Waals surface area (Å²) in [6.45, 7) is 0.545. The third-order valence-corrected chi connectivity index (χ3v) is 4.27. The van der Waals surface area contributed by atoms with Gasteiger partial charge in [0.2, 0.25) is 0 Å². The molecule has 1 saturated carbocycles. The van der Waals surface area contributed by atoms with E-state index in [-0.39, 0.29) is 5.41 Å². The second-order valence-electron chi connectivity index (χ2n) is 5.35. The summed E-state index contributed by atoms with van der Waals surface area (Å²) in [7, 11) is 0. The van der Waals surface area contributed by atoms with Crippen LogP contribution in [0, 0.1) is 5.41 Å². The van der Waals surface area contributed by atoms with Gasteiger partial charge in [-0.2, -0.15) is 0 Å². The molecule has 2 nitrogen and oxygen atoms in total. The van der Waals surface area contributed by atoms with Crippen LogP contribution in [-0.4, -0.2) is 12.3 Å². The van der Waals surface area contributed by atoms with Gasteiger partial charge in [-0.15, -0.1) is 0 Å². The van der Waals surface area contributed by atoms with Crippen LogP contribution in [0.25, 0.3) is 0 Å². The highest BCUT2D eigenvalue weighted by atomic mass is 16.1. The van der Waals surface area contributed by atoms with Crippen molar-refractivity contribution >= 4 is 5.78 Å². The molecule has 0 saturated heterocycles. The fourth-order valence-electron chi connectivity index (χ4n) is 2.87. The van der Waals surface area contributed by atoms with Crippen LogP contribution < -0.4 is 5.73 Å². The number of hydrogen-bond donors (Lipinski definition) is 1. The van der Waals surface area contributed by atoms with Crippen molar-refractivity contribution in [1.29, 1.82) is 0 Å². The van der Waals surface area contributed by atoms with Gasteiger partial charge in [0.05, 0.1) is 0 Å². The summed E-state index contributed by atoms with van der Waals surface area (Å²) in [4.78, 5) is 12.5. The number of ketones is 1. The van der Waals surface area contributed by atoms with E-state index in [4.69, 9.17) is 5.73 Å². The van der Waals surface area contributed by atoms with E-state index in [9.17, 15) is 4.79 Å². The number of nitrogens with two attached hydrogens (primary N) is 1. The average Bonchev–Trinajstić information content (AvgIpc) is 2.15. The molecule has 2 aliphatic carbocycles. The van der Waals surface area contributed by atoms with Crippen molar-refractivity contribution in [2.24, 2.45) is 11.1 Å². The van der Waals surface area contributed by atoms with E-state index in [0.717, 1.165) is 31.3 Å². The third kappa shape index (κ3) is 2.22. The number of Topliss-reactive ketones (excluding diaryl/α,β-unsaturated/α-hetero) is 1. The number of rotatable bonds is 3. The summed E-state index contributed by atoms with van der Waals surface area (Å²) in [5, 5.41) is 0. The molecule has 0 atom stereocenters. The smallest absolute Gasteiger partial charge is 0.165 e. The molecular weight excluding hydrogens is 198 g/mol. The Morgan fingerprint density at radius 1 is 1.19 bits per heavy atom. The van der Waals surface area contributed by atoms with E-state index in [2.05, 4.69) is 6.08 Å². The zero-order valence-electron chi connectivity index (χ0n) is 10.1. The van der Waals surface area contributed by atoms with E-state index in [1.807, 2.05) is 0 Å². The molecule has 2 aliphatic rings. The fourth-order valence-corrected chi connectivity index (χ4v) is 2.87. The lowest BCUT2D eigenvalue weighted by atomic mass is 9.64. The maximum atomic E-state index is 12.5. The van der Waals surface area contributed by atoms with Crippen molar-refractivity contribution in [1.82, 2.24) is 0 Å². The highest BCUT2D eigenvalue weighted by Crippen LogP contribution is 2.43. The second-order valence-corrected chi connectivity index (χ2v) is 5.35. The normalized spacial score (nSPS) is 24.9. The number of allylic oxidation sites excluding steroid dienone is 2. The van der Waals surface area contributed by atoms with E-state index >= 15 is 0 Å². The van der Waals surface area contributed by atoms with Gasteiger partial charge in [0.1, 0.15) is 0 Å². The minimum atomic E-state index is -0.162. The van der Waals surface area contributed by atoms with Crippen LogP contribution in [0.2, 0.25) is 0 Å². The zero-order valence-corrected chi connectivity index (χ0v) is 10.1. The van der Waals surface area contributed by atoms with Crippen LogP contribution in [0.5, 0.6) is 0 Å². The summed E-state index contributed by atoms with van der Waals surface area (Å²) >= 11 is 0. The standard InChI is InChI=1S/C14H23NO/c15-11-14(9-6-10-14)13(16)12-7-4-2-1-3-5-8-12/h7H,1-6,8-11,15H2. The van der Waals surface area contributed by atoms with Crippen LogP contribution in [0.1, 0.15) is 57.8 Å². The minimum absolute atomic E-state index is 0.162. The Balaban J connectivity index is 2.06. The topological polar surface area (TPSA) is 43.1 Å². The van der Waals surface area contributed by atoms with Crippen LogP contribution in [-0.2, 0) is 4.79 Å². The predicted molar refractivity (Wildman–Crippen MR) is 66.1 cm³/mol. The zero-order chi connectivity index (χ0) is 11.4. The molecule has 0 aromatic carbocycles. The van der Waals surface area contributed by atoms with Gasteiger partial charge in [-0.3, -0.25) is 4.79 Å². The quantitative estimate of drug-likeness (QED) is 0.796. The summed E-state index contributed by atoms with van der Waals surface area (Å²) in [5.41, 5.74) is 6.72. The molecule has 0 spiro atoms. The van der Waals surface area contributed by atoms with Crippen LogP contribution in [0.4, 0.5) is 0 Å². The van der Waals surface area contributed by atoms with Gasteiger partial charge in [-0.05, 0) is 44.1 Å². The Labute approximate surface area is 98.3 Å². The molecule has 0 aromatic rings. The molecule has 0 amide bonds. The molecule has 90 valence electrons. The van der Waals surface area contributed by atoms with E-state index in [1.165, 1.54) is 32.1 Å². The fraction of sp³-hybridized carbons (Fsp3) is 0.786. The van der Waals surface area contributed by atoms with Crippen molar-refractivity contribution in [2.45, 2.75) is 57.8 Å². The Kier molecular flexibility index (Phi) is 3.80. The van der Waals surface area contributed by atoms with Crippen LogP contribution in [0.15, 0.2) is 11.6 Å². The maximum Gasteiger partial charge on any atom is 0.165 e. The molecule has 16 heavy (non-hydrogen) atoms. The largest absolute Gasteiger partial charge is 0.329 e. The highest BCUT2D eigenvalue weighted by Gasteiger charge is 2.43. The molecular formula is C14H23NO.